The van der Waals surface area contributed by atoms with E-state index in [1.54, 1.807) is 42.5 Å². The molecule has 3 aromatic carbocycles. The maximum Gasteiger partial charge on any atom is 0.284 e. The highest BCUT2D eigenvalue weighted by Crippen LogP contribution is 2.35. The van der Waals surface area contributed by atoms with Crippen molar-refractivity contribution in [2.75, 3.05) is 10.2 Å². The molecule has 3 aromatic rings. The molecule has 7 nitrogen and oxygen atoms in total. The lowest BCUT2D eigenvalue weighted by Gasteiger charge is -2.16. The zero-order valence-corrected chi connectivity index (χ0v) is 19.6. The van der Waals surface area contributed by atoms with Gasteiger partial charge < -0.3 is 5.32 Å². The topological polar surface area (TPSA) is 95.9 Å². The molecule has 0 radical (unpaired) electrons. The Labute approximate surface area is 200 Å². The summed E-state index contributed by atoms with van der Waals surface area (Å²) in [6.45, 7) is 1.93. The molecule has 0 aromatic heterocycles. The molecule has 0 bridgehead atoms. The van der Waals surface area contributed by atoms with Crippen LogP contribution in [-0.4, -0.2) is 30.6 Å². The van der Waals surface area contributed by atoms with Crippen LogP contribution in [-0.2, 0) is 19.6 Å². The van der Waals surface area contributed by atoms with E-state index in [1.165, 1.54) is 4.90 Å². The largest absolute Gasteiger partial charge is 0.326 e. The van der Waals surface area contributed by atoms with E-state index in [4.69, 9.17) is 0 Å². The van der Waals surface area contributed by atoms with E-state index in [-0.39, 0.29) is 22.4 Å². The van der Waals surface area contributed by atoms with Crippen molar-refractivity contribution in [1.29, 1.82) is 0 Å². The Bertz CT molecular complexity index is 1340. The van der Waals surface area contributed by atoms with Crippen LogP contribution in [0.5, 0.6) is 0 Å². The summed E-state index contributed by atoms with van der Waals surface area (Å²) in [6.07, 6.45) is -0.170. The zero-order chi connectivity index (χ0) is 24.3. The summed E-state index contributed by atoms with van der Waals surface area (Å²) in [7, 11) is -4.22. The molecule has 1 aliphatic rings. The standard InChI is InChI=1S/C24H20FN3O4S2/c1-16-7-11-18(12-8-16)26-22(29)15-21-23(30)28(19-5-3-2-4-6-19)24(33-21)27-34(31,32)20-13-9-17(25)10-14-20/h2-14,21H,15H2,1H3,(H,26,29)/t21-/m1/s1. The van der Waals surface area contributed by atoms with Crippen LogP contribution in [0.4, 0.5) is 15.8 Å². The van der Waals surface area contributed by atoms with Gasteiger partial charge in [-0.3, -0.25) is 14.5 Å². The summed E-state index contributed by atoms with van der Waals surface area (Å²) in [6, 6.07) is 19.9. The third-order valence-electron chi connectivity index (χ3n) is 4.97. The Morgan fingerprint density at radius 2 is 1.68 bits per heavy atom. The van der Waals surface area contributed by atoms with E-state index in [9.17, 15) is 22.4 Å². The van der Waals surface area contributed by atoms with Gasteiger partial charge in [-0.25, -0.2) is 4.39 Å². The highest BCUT2D eigenvalue weighted by molar-refractivity contribution is 8.16. The zero-order valence-electron chi connectivity index (χ0n) is 18.0. The quantitative estimate of drug-likeness (QED) is 0.546. The average Bonchev–Trinajstić information content (AvgIpc) is 3.10. The number of thioether (sulfide) groups is 1. The second-order valence-corrected chi connectivity index (χ2v) is 10.3. The van der Waals surface area contributed by atoms with Crippen LogP contribution in [0, 0.1) is 12.7 Å². The molecule has 0 aliphatic carbocycles. The number of carbonyl (C=O) groups is 2. The number of halogens is 1. The lowest BCUT2D eigenvalue weighted by atomic mass is 10.2. The highest BCUT2D eigenvalue weighted by Gasteiger charge is 2.41. The van der Waals surface area contributed by atoms with E-state index in [0.29, 0.717) is 11.4 Å². The minimum absolute atomic E-state index is 0.0753. The normalized spacial score (nSPS) is 17.2. The SMILES string of the molecule is Cc1ccc(NC(=O)C[C@H]2SC(=NS(=O)(=O)c3ccc(F)cc3)N(c3ccccc3)C2=O)cc1. The molecule has 174 valence electrons. The molecule has 0 unspecified atom stereocenters. The minimum atomic E-state index is -4.22. The van der Waals surface area contributed by atoms with Gasteiger partial charge in [0, 0.05) is 12.1 Å². The predicted molar refractivity (Wildman–Crippen MR) is 131 cm³/mol. The molecule has 1 aliphatic heterocycles. The Morgan fingerprint density at radius 1 is 1.03 bits per heavy atom. The second kappa shape index (κ2) is 9.78. The molecular weight excluding hydrogens is 477 g/mol. The van der Waals surface area contributed by atoms with Crippen LogP contribution in [0.3, 0.4) is 0 Å². The molecule has 1 atom stereocenters. The maximum absolute atomic E-state index is 13.2. The second-order valence-electron chi connectivity index (χ2n) is 7.54. The first kappa shape index (κ1) is 23.7. The first-order valence-electron chi connectivity index (χ1n) is 10.3. The number of nitrogens with zero attached hydrogens (tertiary/aromatic N) is 2. The van der Waals surface area contributed by atoms with E-state index < -0.39 is 27.0 Å². The smallest absolute Gasteiger partial charge is 0.284 e. The van der Waals surface area contributed by atoms with Crippen LogP contribution < -0.4 is 10.2 Å². The van der Waals surface area contributed by atoms with Crippen LogP contribution in [0.15, 0.2) is 88.2 Å². The van der Waals surface area contributed by atoms with E-state index in [1.807, 2.05) is 19.1 Å². The highest BCUT2D eigenvalue weighted by atomic mass is 32.2. The number of benzene rings is 3. The molecule has 1 heterocycles. The van der Waals surface area contributed by atoms with Gasteiger partial charge in [0.15, 0.2) is 5.17 Å². The number of hydrogen-bond acceptors (Lipinski definition) is 5. The summed E-state index contributed by atoms with van der Waals surface area (Å²) < 4.78 is 42.8. The summed E-state index contributed by atoms with van der Waals surface area (Å²) in [4.78, 5) is 26.8. The number of anilines is 2. The van der Waals surface area contributed by atoms with Gasteiger partial charge in [0.25, 0.3) is 10.0 Å². The number of amides is 2. The minimum Gasteiger partial charge on any atom is -0.326 e. The average molecular weight is 498 g/mol. The summed E-state index contributed by atoms with van der Waals surface area (Å²) in [5.41, 5.74) is 2.06. The van der Waals surface area contributed by atoms with Crippen molar-refractivity contribution in [2.24, 2.45) is 4.40 Å². The van der Waals surface area contributed by atoms with Crippen molar-refractivity contribution in [3.8, 4) is 0 Å². The third kappa shape index (κ3) is 5.35. The van der Waals surface area contributed by atoms with Gasteiger partial charge in [0.2, 0.25) is 11.8 Å². The fourth-order valence-electron chi connectivity index (χ4n) is 3.25. The van der Waals surface area contributed by atoms with E-state index in [0.717, 1.165) is 41.6 Å². The van der Waals surface area contributed by atoms with Crippen molar-refractivity contribution < 1.29 is 22.4 Å². The summed E-state index contributed by atoms with van der Waals surface area (Å²) in [5, 5.41) is 1.81. The van der Waals surface area contributed by atoms with Gasteiger partial charge in [-0.1, -0.05) is 47.7 Å². The molecular formula is C24H20FN3O4S2. The fourth-order valence-corrected chi connectivity index (χ4v) is 5.59. The van der Waals surface area contributed by atoms with E-state index >= 15 is 0 Å². The lowest BCUT2D eigenvalue weighted by Crippen LogP contribution is -2.33. The number of aryl methyl sites for hydroxylation is 1. The molecule has 34 heavy (non-hydrogen) atoms. The predicted octanol–water partition coefficient (Wildman–Crippen LogP) is 4.36. The van der Waals surface area contributed by atoms with Crippen molar-refractivity contribution >= 4 is 50.1 Å². The molecule has 10 heteroatoms. The number of hydrogen-bond donors (Lipinski definition) is 1. The van der Waals surface area contributed by atoms with Gasteiger partial charge in [-0.2, -0.15) is 8.42 Å². The monoisotopic (exact) mass is 497 g/mol. The van der Waals surface area contributed by atoms with Crippen LogP contribution in [0.1, 0.15) is 12.0 Å². The number of nitrogens with one attached hydrogen (secondary N) is 1. The Morgan fingerprint density at radius 3 is 2.32 bits per heavy atom. The van der Waals surface area contributed by atoms with Crippen LogP contribution >= 0.6 is 11.8 Å². The maximum atomic E-state index is 13.2. The number of amidine groups is 1. The van der Waals surface area contributed by atoms with Gasteiger partial charge in [-0.05, 0) is 55.5 Å². The van der Waals surface area contributed by atoms with Crippen molar-refractivity contribution in [1.82, 2.24) is 0 Å². The Balaban J connectivity index is 1.61. The summed E-state index contributed by atoms with van der Waals surface area (Å²) in [5.74, 6) is -1.42. The van der Waals surface area contributed by atoms with Crippen molar-refractivity contribution in [3.63, 3.8) is 0 Å². The third-order valence-corrected chi connectivity index (χ3v) is 7.50. The molecule has 0 spiro atoms. The van der Waals surface area contributed by atoms with Crippen LogP contribution in [0.2, 0.25) is 0 Å². The van der Waals surface area contributed by atoms with Gasteiger partial charge in [0.05, 0.1) is 10.6 Å². The molecule has 4 rings (SSSR count). The van der Waals surface area contributed by atoms with Gasteiger partial charge >= 0.3 is 0 Å². The number of para-hydroxylation sites is 1. The molecule has 2 amide bonds. The number of rotatable bonds is 6. The number of sulfonamides is 1. The van der Waals surface area contributed by atoms with E-state index in [2.05, 4.69) is 9.71 Å². The van der Waals surface area contributed by atoms with Gasteiger partial charge in [-0.15, -0.1) is 4.40 Å². The molecule has 0 saturated carbocycles. The van der Waals surface area contributed by atoms with Crippen LogP contribution in [0.25, 0.3) is 0 Å². The first-order valence-corrected chi connectivity index (χ1v) is 12.6. The molecule has 1 N–H and O–H groups in total. The number of carbonyl (C=O) groups excluding carboxylic acids is 2. The van der Waals surface area contributed by atoms with Crippen molar-refractivity contribution in [3.05, 3.63) is 90.2 Å². The lowest BCUT2D eigenvalue weighted by molar-refractivity contribution is -0.121. The van der Waals surface area contributed by atoms with Crippen molar-refractivity contribution in [2.45, 2.75) is 23.5 Å². The first-order chi connectivity index (χ1) is 16.2. The van der Waals surface area contributed by atoms with Gasteiger partial charge in [0.1, 0.15) is 11.1 Å². The fraction of sp³-hybridized carbons (Fsp3) is 0.125. The Hall–Kier alpha value is -3.50. The summed E-state index contributed by atoms with van der Waals surface area (Å²) >= 11 is 0.900. The molecule has 1 fully saturated rings. The Kier molecular flexibility index (Phi) is 6.80. The molecule has 1 saturated heterocycles.